The minimum Gasteiger partial charge on any atom is -0.322 e. The molecule has 0 unspecified atom stereocenters. The highest BCUT2D eigenvalue weighted by Crippen LogP contribution is 2.30. The van der Waals surface area contributed by atoms with Gasteiger partial charge in [-0.1, -0.05) is 12.1 Å². The van der Waals surface area contributed by atoms with Gasteiger partial charge in [-0.15, -0.1) is 0 Å². The van der Waals surface area contributed by atoms with E-state index in [2.05, 4.69) is 10.6 Å². The van der Waals surface area contributed by atoms with E-state index >= 15 is 0 Å². The van der Waals surface area contributed by atoms with E-state index < -0.39 is 28.5 Å². The van der Waals surface area contributed by atoms with Gasteiger partial charge in [0.1, 0.15) is 0 Å². The monoisotopic (exact) mass is 429 g/mol. The van der Waals surface area contributed by atoms with Crippen LogP contribution in [0.3, 0.4) is 0 Å². The summed E-state index contributed by atoms with van der Waals surface area (Å²) >= 11 is 0. The van der Waals surface area contributed by atoms with E-state index in [0.29, 0.717) is 5.69 Å². The van der Waals surface area contributed by atoms with Crippen molar-refractivity contribution in [3.8, 4) is 0 Å². The predicted octanol–water partition coefficient (Wildman–Crippen LogP) is 5.12. The first-order chi connectivity index (χ1) is 14.6. The molecule has 0 aliphatic rings. The molecule has 0 aliphatic carbocycles. The molecule has 31 heavy (non-hydrogen) atoms. The van der Waals surface area contributed by atoms with Gasteiger partial charge in [-0.25, -0.2) is 0 Å². The van der Waals surface area contributed by atoms with E-state index in [9.17, 15) is 32.9 Å². The number of nitro benzene ring substituents is 1. The normalized spacial score (nSPS) is 10.9. The van der Waals surface area contributed by atoms with Crippen molar-refractivity contribution < 1.29 is 27.7 Å². The lowest BCUT2D eigenvalue weighted by Gasteiger charge is -2.10. The fraction of sp³-hybridized carbons (Fsp3) is 0.0476. The molecule has 0 radical (unpaired) electrons. The van der Waals surface area contributed by atoms with E-state index in [0.717, 1.165) is 18.2 Å². The van der Waals surface area contributed by atoms with E-state index in [4.69, 9.17) is 0 Å². The maximum Gasteiger partial charge on any atom is 0.416 e. The summed E-state index contributed by atoms with van der Waals surface area (Å²) < 4.78 is 38.3. The molecule has 0 bridgehead atoms. The van der Waals surface area contributed by atoms with Crippen LogP contribution in [0.4, 0.5) is 30.2 Å². The Bertz CT molecular complexity index is 1150. The molecule has 0 fully saturated rings. The van der Waals surface area contributed by atoms with Gasteiger partial charge >= 0.3 is 6.18 Å². The summed E-state index contributed by atoms with van der Waals surface area (Å²) in [6.45, 7) is 0. The third-order valence-electron chi connectivity index (χ3n) is 4.17. The molecule has 3 aromatic carbocycles. The highest BCUT2D eigenvalue weighted by atomic mass is 19.4. The predicted molar refractivity (Wildman–Crippen MR) is 107 cm³/mol. The standard InChI is InChI=1S/C21H14F3N3O4/c22-21(23,24)15-4-2-5-17(12-15)26-19(28)13-7-9-16(10-8-13)25-20(29)14-3-1-6-18(11-14)27(30)31/h1-12H,(H,25,29)(H,26,28). The highest BCUT2D eigenvalue weighted by Gasteiger charge is 2.30. The summed E-state index contributed by atoms with van der Waals surface area (Å²) in [5.41, 5.74) is -0.555. The average Bonchev–Trinajstić information content (AvgIpc) is 2.74. The second-order valence-electron chi connectivity index (χ2n) is 6.37. The fourth-order valence-electron chi connectivity index (χ4n) is 2.65. The first-order valence-electron chi connectivity index (χ1n) is 8.78. The Balaban J connectivity index is 1.67. The minimum absolute atomic E-state index is 0.0112. The maximum atomic E-state index is 12.8. The Morgan fingerprint density at radius 2 is 1.39 bits per heavy atom. The van der Waals surface area contributed by atoms with Crippen molar-refractivity contribution in [2.24, 2.45) is 0 Å². The summed E-state index contributed by atoms with van der Waals surface area (Å²) in [5, 5.41) is 15.7. The van der Waals surface area contributed by atoms with E-state index in [1.54, 1.807) is 0 Å². The molecule has 3 rings (SSSR count). The van der Waals surface area contributed by atoms with Crippen LogP contribution in [0.15, 0.2) is 72.8 Å². The van der Waals surface area contributed by atoms with E-state index in [1.807, 2.05) is 0 Å². The SMILES string of the molecule is O=C(Nc1cccc(C(F)(F)F)c1)c1ccc(NC(=O)c2cccc([N+](=O)[O-])c2)cc1. The lowest BCUT2D eigenvalue weighted by atomic mass is 10.1. The number of alkyl halides is 3. The quantitative estimate of drug-likeness (QED) is 0.434. The van der Waals surface area contributed by atoms with Crippen molar-refractivity contribution in [3.63, 3.8) is 0 Å². The Hall–Kier alpha value is -4.21. The molecule has 0 heterocycles. The molecule has 158 valence electrons. The third kappa shape index (κ3) is 5.44. The summed E-state index contributed by atoms with van der Waals surface area (Å²) in [7, 11) is 0. The number of rotatable bonds is 5. The highest BCUT2D eigenvalue weighted by molar-refractivity contribution is 6.06. The minimum atomic E-state index is -4.53. The smallest absolute Gasteiger partial charge is 0.322 e. The van der Waals surface area contributed by atoms with Crippen LogP contribution in [0.2, 0.25) is 0 Å². The first-order valence-corrected chi connectivity index (χ1v) is 8.78. The number of hydrogen-bond donors (Lipinski definition) is 2. The van der Waals surface area contributed by atoms with Gasteiger partial charge in [-0.2, -0.15) is 13.2 Å². The second kappa shape index (κ2) is 8.66. The van der Waals surface area contributed by atoms with Gasteiger partial charge in [-0.05, 0) is 48.5 Å². The average molecular weight is 429 g/mol. The van der Waals surface area contributed by atoms with Gasteiger partial charge in [0, 0.05) is 34.6 Å². The molecule has 3 aromatic rings. The molecule has 10 heteroatoms. The molecule has 0 aliphatic heterocycles. The van der Waals surface area contributed by atoms with Gasteiger partial charge < -0.3 is 10.6 Å². The Labute approximate surface area is 173 Å². The number of nitrogens with one attached hydrogen (secondary N) is 2. The van der Waals surface area contributed by atoms with Gasteiger partial charge in [0.2, 0.25) is 0 Å². The van der Waals surface area contributed by atoms with Gasteiger partial charge in [0.15, 0.2) is 0 Å². The Kier molecular flexibility index (Phi) is 6.00. The summed E-state index contributed by atoms with van der Waals surface area (Å²) in [6.07, 6.45) is -4.53. The number of nitrogens with zero attached hydrogens (tertiary/aromatic N) is 1. The molecule has 2 amide bonds. The van der Waals surface area contributed by atoms with Crippen molar-refractivity contribution >= 4 is 28.9 Å². The molecule has 0 aromatic heterocycles. The number of hydrogen-bond acceptors (Lipinski definition) is 4. The molecule has 0 spiro atoms. The Morgan fingerprint density at radius 1 is 0.774 bits per heavy atom. The molecule has 0 atom stereocenters. The zero-order chi connectivity index (χ0) is 22.6. The molecule has 0 saturated heterocycles. The lowest BCUT2D eigenvalue weighted by molar-refractivity contribution is -0.384. The molecule has 0 saturated carbocycles. The van der Waals surface area contributed by atoms with Gasteiger partial charge in [-0.3, -0.25) is 19.7 Å². The summed E-state index contributed by atoms with van der Waals surface area (Å²) in [5.74, 6) is -1.21. The Morgan fingerprint density at radius 3 is 2.03 bits per heavy atom. The van der Waals surface area contributed by atoms with Crippen molar-refractivity contribution in [2.45, 2.75) is 6.18 Å². The molecule has 7 nitrogen and oxygen atoms in total. The number of benzene rings is 3. The largest absolute Gasteiger partial charge is 0.416 e. The van der Waals surface area contributed by atoms with Crippen LogP contribution in [0.1, 0.15) is 26.3 Å². The van der Waals surface area contributed by atoms with Crippen LogP contribution in [0, 0.1) is 10.1 Å². The van der Waals surface area contributed by atoms with Crippen LogP contribution in [0.5, 0.6) is 0 Å². The number of carbonyl (C=O) groups is 2. The zero-order valence-corrected chi connectivity index (χ0v) is 15.6. The number of amides is 2. The molecular weight excluding hydrogens is 415 g/mol. The number of non-ortho nitro benzene ring substituents is 1. The van der Waals surface area contributed by atoms with Crippen LogP contribution in [0.25, 0.3) is 0 Å². The van der Waals surface area contributed by atoms with Crippen molar-refractivity contribution in [1.82, 2.24) is 0 Å². The fourth-order valence-corrected chi connectivity index (χ4v) is 2.65. The van der Waals surface area contributed by atoms with Crippen LogP contribution in [-0.2, 0) is 6.18 Å². The number of halogens is 3. The van der Waals surface area contributed by atoms with Crippen LogP contribution >= 0.6 is 0 Å². The van der Waals surface area contributed by atoms with E-state index in [-0.39, 0.29) is 22.5 Å². The number of anilines is 2. The third-order valence-corrected chi connectivity index (χ3v) is 4.17. The van der Waals surface area contributed by atoms with Crippen molar-refractivity contribution in [2.75, 3.05) is 10.6 Å². The van der Waals surface area contributed by atoms with Crippen molar-refractivity contribution in [3.05, 3.63) is 99.6 Å². The lowest BCUT2D eigenvalue weighted by Crippen LogP contribution is -2.14. The van der Waals surface area contributed by atoms with Crippen molar-refractivity contribution in [1.29, 1.82) is 0 Å². The van der Waals surface area contributed by atoms with Gasteiger partial charge in [0.05, 0.1) is 10.5 Å². The summed E-state index contributed by atoms with van der Waals surface area (Å²) in [4.78, 5) is 34.7. The van der Waals surface area contributed by atoms with Crippen LogP contribution < -0.4 is 10.6 Å². The number of carbonyl (C=O) groups excluding carboxylic acids is 2. The second-order valence-corrected chi connectivity index (χ2v) is 6.37. The van der Waals surface area contributed by atoms with Crippen LogP contribution in [-0.4, -0.2) is 16.7 Å². The zero-order valence-electron chi connectivity index (χ0n) is 15.6. The molecular formula is C21H14F3N3O4. The summed E-state index contributed by atoms with van der Waals surface area (Å²) in [6, 6.07) is 15.0. The maximum absolute atomic E-state index is 12.8. The molecule has 2 N–H and O–H groups in total. The first kappa shape index (κ1) is 21.5. The topological polar surface area (TPSA) is 101 Å². The number of nitro groups is 1. The van der Waals surface area contributed by atoms with Gasteiger partial charge in [0.25, 0.3) is 17.5 Å². The van der Waals surface area contributed by atoms with E-state index in [1.165, 1.54) is 54.6 Å².